The van der Waals surface area contributed by atoms with Crippen LogP contribution < -0.4 is 16.4 Å². The van der Waals surface area contributed by atoms with Crippen molar-refractivity contribution in [3.05, 3.63) is 23.5 Å². The van der Waals surface area contributed by atoms with Crippen LogP contribution in [0.15, 0.2) is 12.4 Å². The van der Waals surface area contributed by atoms with Crippen LogP contribution in [-0.4, -0.2) is 31.0 Å². The number of pyridine rings is 1. The number of nitrogens with two attached hydrogens (primary N) is 1. The SMILES string of the molecule is CCc1cncc(NC)c1C(=N)NCCC(C)(C)CN. The standard InChI is InChI=1S/C15H27N5/c1-5-11-8-19-9-12(18-4)13(11)14(17)20-7-6-15(2,3)10-16/h8-9,18H,5-7,10,16H2,1-4H3,(H2,17,20). The zero-order valence-electron chi connectivity index (χ0n) is 13.0. The minimum absolute atomic E-state index is 0.102. The summed E-state index contributed by atoms with van der Waals surface area (Å²) in [6, 6.07) is 0. The molecule has 5 nitrogen and oxygen atoms in total. The van der Waals surface area contributed by atoms with Gasteiger partial charge in [0.25, 0.3) is 0 Å². The molecule has 0 atom stereocenters. The molecule has 5 N–H and O–H groups in total. The van der Waals surface area contributed by atoms with Crippen molar-refractivity contribution < 1.29 is 0 Å². The Morgan fingerprint density at radius 3 is 2.65 bits per heavy atom. The molecule has 0 aliphatic carbocycles. The van der Waals surface area contributed by atoms with E-state index in [1.165, 1.54) is 0 Å². The number of hydrogen-bond donors (Lipinski definition) is 4. The van der Waals surface area contributed by atoms with E-state index >= 15 is 0 Å². The van der Waals surface area contributed by atoms with Gasteiger partial charge in [-0.25, -0.2) is 0 Å². The third-order valence-electron chi connectivity index (χ3n) is 3.58. The Morgan fingerprint density at radius 2 is 2.10 bits per heavy atom. The zero-order valence-corrected chi connectivity index (χ0v) is 13.0. The number of amidine groups is 1. The highest BCUT2D eigenvalue weighted by atomic mass is 15.0. The van der Waals surface area contributed by atoms with Crippen LogP contribution in [0.25, 0.3) is 0 Å². The lowest BCUT2D eigenvalue weighted by atomic mass is 9.89. The van der Waals surface area contributed by atoms with Gasteiger partial charge >= 0.3 is 0 Å². The first-order chi connectivity index (χ1) is 9.45. The Kier molecular flexibility index (Phi) is 5.95. The molecule has 0 aliphatic heterocycles. The number of nitrogens with zero attached hydrogens (tertiary/aromatic N) is 1. The normalized spacial score (nSPS) is 11.2. The van der Waals surface area contributed by atoms with Gasteiger partial charge in [0.15, 0.2) is 0 Å². The van der Waals surface area contributed by atoms with Crippen LogP contribution in [0.3, 0.4) is 0 Å². The van der Waals surface area contributed by atoms with Crippen LogP contribution in [0.1, 0.15) is 38.3 Å². The predicted molar refractivity (Wildman–Crippen MR) is 85.4 cm³/mol. The molecular formula is C15H27N5. The van der Waals surface area contributed by atoms with Crippen LogP contribution in [0.5, 0.6) is 0 Å². The molecule has 1 aromatic heterocycles. The Bertz CT molecular complexity index is 431. The number of aromatic nitrogens is 1. The maximum Gasteiger partial charge on any atom is 0.127 e. The van der Waals surface area contributed by atoms with Crippen LogP contribution >= 0.6 is 0 Å². The van der Waals surface area contributed by atoms with Crippen molar-refractivity contribution >= 4 is 11.5 Å². The molecule has 0 bridgehead atoms. The number of rotatable bonds is 7. The molecular weight excluding hydrogens is 250 g/mol. The molecule has 1 rings (SSSR count). The molecule has 0 saturated heterocycles. The van der Waals surface area contributed by atoms with Crippen LogP contribution in [0.4, 0.5) is 5.69 Å². The first kappa shape index (κ1) is 16.4. The van der Waals surface area contributed by atoms with Crippen LogP contribution in [0, 0.1) is 10.8 Å². The van der Waals surface area contributed by atoms with Gasteiger partial charge in [-0.3, -0.25) is 10.4 Å². The number of hydrogen-bond acceptors (Lipinski definition) is 4. The first-order valence-electron chi connectivity index (χ1n) is 7.12. The smallest absolute Gasteiger partial charge is 0.127 e. The molecule has 5 heteroatoms. The van der Waals surface area contributed by atoms with Gasteiger partial charge in [0.05, 0.1) is 11.9 Å². The minimum Gasteiger partial charge on any atom is -0.386 e. The molecule has 0 amide bonds. The average Bonchev–Trinajstić information content (AvgIpc) is 2.45. The molecule has 0 saturated carbocycles. The summed E-state index contributed by atoms with van der Waals surface area (Å²) in [7, 11) is 1.85. The van der Waals surface area contributed by atoms with Gasteiger partial charge in [-0.15, -0.1) is 0 Å². The second kappa shape index (κ2) is 7.24. The highest BCUT2D eigenvalue weighted by molar-refractivity contribution is 6.02. The van der Waals surface area contributed by atoms with E-state index in [0.29, 0.717) is 12.4 Å². The maximum absolute atomic E-state index is 8.27. The van der Waals surface area contributed by atoms with E-state index in [1.807, 2.05) is 13.2 Å². The summed E-state index contributed by atoms with van der Waals surface area (Å²) in [6.07, 6.45) is 5.38. The summed E-state index contributed by atoms with van der Waals surface area (Å²) < 4.78 is 0. The molecule has 0 radical (unpaired) electrons. The maximum atomic E-state index is 8.27. The second-order valence-electron chi connectivity index (χ2n) is 5.74. The molecule has 0 spiro atoms. The van der Waals surface area contributed by atoms with Gasteiger partial charge in [0, 0.05) is 25.4 Å². The van der Waals surface area contributed by atoms with Gasteiger partial charge in [-0.1, -0.05) is 20.8 Å². The van der Waals surface area contributed by atoms with Crippen molar-refractivity contribution in [2.24, 2.45) is 11.1 Å². The lowest BCUT2D eigenvalue weighted by Crippen LogP contribution is -2.32. The molecule has 0 aliphatic rings. The fraction of sp³-hybridized carbons (Fsp3) is 0.600. The summed E-state index contributed by atoms with van der Waals surface area (Å²) >= 11 is 0. The Balaban J connectivity index is 2.77. The van der Waals surface area contributed by atoms with Crippen molar-refractivity contribution in [1.29, 1.82) is 5.41 Å². The second-order valence-corrected chi connectivity index (χ2v) is 5.74. The Hall–Kier alpha value is -1.62. The van der Waals surface area contributed by atoms with E-state index in [4.69, 9.17) is 11.1 Å². The zero-order chi connectivity index (χ0) is 15.2. The van der Waals surface area contributed by atoms with Gasteiger partial charge in [0.2, 0.25) is 0 Å². The predicted octanol–water partition coefficient (Wildman–Crippen LogP) is 1.98. The third-order valence-corrected chi connectivity index (χ3v) is 3.58. The van der Waals surface area contributed by atoms with E-state index in [1.54, 1.807) is 6.20 Å². The van der Waals surface area contributed by atoms with E-state index in [-0.39, 0.29) is 5.41 Å². The van der Waals surface area contributed by atoms with Gasteiger partial charge in [0.1, 0.15) is 5.84 Å². The van der Waals surface area contributed by atoms with Crippen LogP contribution in [-0.2, 0) is 6.42 Å². The van der Waals surface area contributed by atoms with E-state index in [0.717, 1.165) is 36.2 Å². The van der Waals surface area contributed by atoms with E-state index in [2.05, 4.69) is 36.4 Å². The largest absolute Gasteiger partial charge is 0.386 e. The van der Waals surface area contributed by atoms with Gasteiger partial charge in [-0.05, 0) is 30.4 Å². The Labute approximate surface area is 121 Å². The lowest BCUT2D eigenvalue weighted by Gasteiger charge is -2.23. The summed E-state index contributed by atoms with van der Waals surface area (Å²) in [4.78, 5) is 4.20. The first-order valence-corrected chi connectivity index (χ1v) is 7.12. The fourth-order valence-corrected chi connectivity index (χ4v) is 1.97. The van der Waals surface area contributed by atoms with Crippen LogP contribution in [0.2, 0.25) is 0 Å². The van der Waals surface area contributed by atoms with Gasteiger partial charge in [-0.2, -0.15) is 0 Å². The summed E-state index contributed by atoms with van der Waals surface area (Å²) in [5.41, 5.74) is 8.71. The fourth-order valence-electron chi connectivity index (χ4n) is 1.97. The summed E-state index contributed by atoms with van der Waals surface area (Å²) in [5.74, 6) is 0.446. The minimum atomic E-state index is 0.102. The molecule has 1 heterocycles. The van der Waals surface area contributed by atoms with E-state index in [9.17, 15) is 0 Å². The average molecular weight is 277 g/mol. The lowest BCUT2D eigenvalue weighted by molar-refractivity contribution is 0.348. The van der Waals surface area contributed by atoms with Crippen molar-refractivity contribution in [3.63, 3.8) is 0 Å². The van der Waals surface area contributed by atoms with Gasteiger partial charge < -0.3 is 16.4 Å². The molecule has 0 aromatic carbocycles. The number of aryl methyl sites for hydroxylation is 1. The quantitative estimate of drug-likeness (QED) is 0.453. The number of nitrogens with one attached hydrogen (secondary N) is 3. The number of anilines is 1. The molecule has 20 heavy (non-hydrogen) atoms. The van der Waals surface area contributed by atoms with Crippen molar-refractivity contribution in [3.8, 4) is 0 Å². The summed E-state index contributed by atoms with van der Waals surface area (Å²) in [5, 5.41) is 14.6. The van der Waals surface area contributed by atoms with Crippen molar-refractivity contribution in [2.75, 3.05) is 25.5 Å². The Morgan fingerprint density at radius 1 is 1.40 bits per heavy atom. The van der Waals surface area contributed by atoms with Crippen molar-refractivity contribution in [2.45, 2.75) is 33.6 Å². The monoisotopic (exact) mass is 277 g/mol. The third kappa shape index (κ3) is 4.20. The molecule has 0 unspecified atom stereocenters. The molecule has 112 valence electrons. The van der Waals surface area contributed by atoms with Crippen molar-refractivity contribution in [1.82, 2.24) is 10.3 Å². The highest BCUT2D eigenvalue weighted by Gasteiger charge is 2.16. The summed E-state index contributed by atoms with van der Waals surface area (Å²) in [6.45, 7) is 7.75. The molecule has 1 aromatic rings. The molecule has 0 fully saturated rings. The highest BCUT2D eigenvalue weighted by Crippen LogP contribution is 2.20. The van der Waals surface area contributed by atoms with E-state index < -0.39 is 0 Å². The topological polar surface area (TPSA) is 86.8 Å².